The molecule has 0 amide bonds. The Morgan fingerprint density at radius 2 is 2.17 bits per heavy atom. The number of nitrogens with one attached hydrogen (secondary N) is 1. The van der Waals surface area contributed by atoms with E-state index in [0.717, 1.165) is 28.7 Å². The summed E-state index contributed by atoms with van der Waals surface area (Å²) >= 11 is 7.45. The maximum Gasteiger partial charge on any atom is 0.155 e. The Kier molecular flexibility index (Phi) is 4.92. The Hall–Kier alpha value is -1.17. The summed E-state index contributed by atoms with van der Waals surface area (Å²) in [5.74, 6) is 0.745. The Labute approximate surface area is 115 Å². The predicted octanol–water partition coefficient (Wildman–Crippen LogP) is 2.53. The van der Waals surface area contributed by atoms with E-state index in [9.17, 15) is 0 Å². The first-order valence-corrected chi connectivity index (χ1v) is 6.81. The number of nitrogens with zero attached hydrogens (tertiary/aromatic N) is 2. The molecule has 6 heteroatoms. The molecule has 0 aliphatic rings. The van der Waals surface area contributed by atoms with Crippen LogP contribution in [0.15, 0.2) is 24.3 Å². The Bertz CT molecular complexity index is 504. The van der Waals surface area contributed by atoms with Gasteiger partial charge in [0.15, 0.2) is 5.01 Å². The van der Waals surface area contributed by atoms with E-state index in [1.54, 1.807) is 17.4 Å². The van der Waals surface area contributed by atoms with Gasteiger partial charge in [0.05, 0.1) is 0 Å². The second-order valence-corrected chi connectivity index (χ2v) is 5.27. The molecule has 0 unspecified atom stereocenters. The second-order valence-electron chi connectivity index (χ2n) is 3.69. The van der Waals surface area contributed by atoms with Crippen molar-refractivity contribution in [3.63, 3.8) is 0 Å². The van der Waals surface area contributed by atoms with Gasteiger partial charge in [0.1, 0.15) is 17.4 Å². The Balaban J connectivity index is 1.88. The number of hydrogen-bond acceptors (Lipinski definition) is 5. The zero-order valence-corrected chi connectivity index (χ0v) is 11.6. The summed E-state index contributed by atoms with van der Waals surface area (Å²) in [6, 6.07) is 7.32. The summed E-state index contributed by atoms with van der Waals surface area (Å²) in [5, 5.41) is 13.8. The van der Waals surface area contributed by atoms with Crippen molar-refractivity contribution in [1.82, 2.24) is 15.5 Å². The van der Waals surface area contributed by atoms with Crippen LogP contribution in [-0.4, -0.2) is 23.8 Å². The molecule has 2 aromatic rings. The fraction of sp³-hybridized carbons (Fsp3) is 0.333. The summed E-state index contributed by atoms with van der Waals surface area (Å²) in [4.78, 5) is 0. The van der Waals surface area contributed by atoms with Crippen molar-refractivity contribution in [2.45, 2.75) is 13.0 Å². The van der Waals surface area contributed by atoms with Gasteiger partial charge in [-0.2, -0.15) is 0 Å². The molecule has 0 radical (unpaired) electrons. The Morgan fingerprint density at radius 3 is 2.94 bits per heavy atom. The molecule has 1 aromatic carbocycles. The van der Waals surface area contributed by atoms with Crippen LogP contribution in [0.3, 0.4) is 0 Å². The third-order valence-corrected chi connectivity index (χ3v) is 3.45. The fourth-order valence-electron chi connectivity index (χ4n) is 1.38. The molecular weight excluding hydrogens is 270 g/mol. The number of halogens is 1. The Morgan fingerprint density at radius 1 is 1.33 bits per heavy atom. The van der Waals surface area contributed by atoms with Crippen molar-refractivity contribution in [3.8, 4) is 5.75 Å². The van der Waals surface area contributed by atoms with E-state index < -0.39 is 0 Å². The quantitative estimate of drug-likeness (QED) is 0.885. The highest BCUT2D eigenvalue weighted by Crippen LogP contribution is 2.19. The molecule has 4 nitrogen and oxygen atoms in total. The minimum atomic E-state index is 0.428. The lowest BCUT2D eigenvalue weighted by Gasteiger charge is -2.03. The van der Waals surface area contributed by atoms with E-state index in [-0.39, 0.29) is 0 Å². The molecule has 1 aromatic heterocycles. The largest absolute Gasteiger partial charge is 0.486 e. The summed E-state index contributed by atoms with van der Waals surface area (Å²) in [6.07, 6.45) is 0.894. The van der Waals surface area contributed by atoms with Gasteiger partial charge in [0.2, 0.25) is 0 Å². The first-order valence-electron chi connectivity index (χ1n) is 5.62. The van der Waals surface area contributed by atoms with E-state index in [1.807, 2.05) is 25.2 Å². The van der Waals surface area contributed by atoms with Crippen LogP contribution in [0.25, 0.3) is 0 Å². The van der Waals surface area contributed by atoms with Gasteiger partial charge in [-0.25, -0.2) is 0 Å². The van der Waals surface area contributed by atoms with E-state index in [1.165, 1.54) is 0 Å². The maximum absolute atomic E-state index is 5.88. The molecular formula is C12H14ClN3OS. The van der Waals surface area contributed by atoms with Gasteiger partial charge in [-0.3, -0.25) is 0 Å². The van der Waals surface area contributed by atoms with Crippen molar-refractivity contribution < 1.29 is 4.74 Å². The highest BCUT2D eigenvalue weighted by molar-refractivity contribution is 7.11. The van der Waals surface area contributed by atoms with Crippen LogP contribution in [0, 0.1) is 0 Å². The third kappa shape index (κ3) is 3.94. The van der Waals surface area contributed by atoms with Crippen molar-refractivity contribution in [1.29, 1.82) is 0 Å². The van der Waals surface area contributed by atoms with Crippen LogP contribution >= 0.6 is 22.9 Å². The summed E-state index contributed by atoms with van der Waals surface area (Å²) in [5.41, 5.74) is 0. The van der Waals surface area contributed by atoms with Gasteiger partial charge in [-0.15, -0.1) is 10.2 Å². The topological polar surface area (TPSA) is 47.0 Å². The molecule has 0 saturated carbocycles. The maximum atomic E-state index is 5.88. The lowest BCUT2D eigenvalue weighted by molar-refractivity contribution is 0.304. The molecule has 1 heterocycles. The van der Waals surface area contributed by atoms with Gasteiger partial charge in [0, 0.05) is 18.0 Å². The first kappa shape index (κ1) is 13.3. The average molecular weight is 284 g/mol. The molecule has 0 spiro atoms. The number of ether oxygens (including phenoxy) is 1. The molecule has 1 N–H and O–H groups in total. The highest BCUT2D eigenvalue weighted by Gasteiger charge is 2.04. The van der Waals surface area contributed by atoms with E-state index >= 15 is 0 Å². The van der Waals surface area contributed by atoms with Crippen LogP contribution in [0.4, 0.5) is 0 Å². The molecule has 0 bridgehead atoms. The minimum Gasteiger partial charge on any atom is -0.486 e. The number of benzene rings is 1. The van der Waals surface area contributed by atoms with Crippen LogP contribution < -0.4 is 10.1 Å². The number of hydrogen-bond donors (Lipinski definition) is 1. The second kappa shape index (κ2) is 6.68. The van der Waals surface area contributed by atoms with Gasteiger partial charge in [-0.1, -0.05) is 29.0 Å². The van der Waals surface area contributed by atoms with Gasteiger partial charge in [-0.05, 0) is 25.2 Å². The van der Waals surface area contributed by atoms with E-state index in [2.05, 4.69) is 15.5 Å². The van der Waals surface area contributed by atoms with E-state index in [4.69, 9.17) is 16.3 Å². The monoisotopic (exact) mass is 283 g/mol. The molecule has 18 heavy (non-hydrogen) atoms. The zero-order chi connectivity index (χ0) is 12.8. The molecule has 2 rings (SSSR count). The first-order chi connectivity index (χ1) is 8.78. The summed E-state index contributed by atoms with van der Waals surface area (Å²) < 4.78 is 5.60. The van der Waals surface area contributed by atoms with Gasteiger partial charge < -0.3 is 10.1 Å². The number of rotatable bonds is 6. The lowest BCUT2D eigenvalue weighted by Crippen LogP contribution is -2.09. The van der Waals surface area contributed by atoms with Gasteiger partial charge in [0.25, 0.3) is 0 Å². The zero-order valence-electron chi connectivity index (χ0n) is 10.0. The molecule has 0 atom stereocenters. The van der Waals surface area contributed by atoms with Crippen LogP contribution in [0.5, 0.6) is 5.75 Å². The highest BCUT2D eigenvalue weighted by atomic mass is 35.5. The smallest absolute Gasteiger partial charge is 0.155 e. The molecule has 0 fully saturated rings. The van der Waals surface area contributed by atoms with Crippen molar-refractivity contribution >= 4 is 22.9 Å². The number of likely N-dealkylation sites (N-methyl/N-ethyl adjacent to an activating group) is 1. The van der Waals surface area contributed by atoms with Crippen LogP contribution in [-0.2, 0) is 13.0 Å². The van der Waals surface area contributed by atoms with Gasteiger partial charge >= 0.3 is 0 Å². The summed E-state index contributed by atoms with van der Waals surface area (Å²) in [6.45, 7) is 1.33. The van der Waals surface area contributed by atoms with Crippen LogP contribution in [0.1, 0.15) is 10.0 Å². The molecule has 0 aliphatic heterocycles. The van der Waals surface area contributed by atoms with Crippen LogP contribution in [0.2, 0.25) is 5.02 Å². The molecule has 0 aliphatic carbocycles. The lowest BCUT2D eigenvalue weighted by atomic mass is 10.3. The van der Waals surface area contributed by atoms with Crippen molar-refractivity contribution in [3.05, 3.63) is 39.3 Å². The van der Waals surface area contributed by atoms with Crippen molar-refractivity contribution in [2.24, 2.45) is 0 Å². The third-order valence-electron chi connectivity index (χ3n) is 2.26. The normalized spacial score (nSPS) is 10.6. The molecule has 0 saturated heterocycles. The fourth-order valence-corrected chi connectivity index (χ4v) is 2.32. The number of aromatic nitrogens is 2. The predicted molar refractivity (Wildman–Crippen MR) is 73.3 cm³/mol. The summed E-state index contributed by atoms with van der Waals surface area (Å²) in [7, 11) is 1.92. The average Bonchev–Trinajstić information content (AvgIpc) is 2.82. The minimum absolute atomic E-state index is 0.428. The molecule has 96 valence electrons. The van der Waals surface area contributed by atoms with E-state index in [0.29, 0.717) is 11.6 Å². The SMILES string of the molecule is CNCCc1nnc(COc2cccc(Cl)c2)s1. The van der Waals surface area contributed by atoms with Crippen molar-refractivity contribution in [2.75, 3.05) is 13.6 Å². The standard InChI is InChI=1S/C12H14ClN3OS/c1-14-6-5-11-15-16-12(18-11)8-17-10-4-2-3-9(13)7-10/h2-4,7,14H,5-6,8H2,1H3.